The highest BCUT2D eigenvalue weighted by Gasteiger charge is 2.25. The van der Waals surface area contributed by atoms with Crippen LogP contribution in [-0.2, 0) is 0 Å². The van der Waals surface area contributed by atoms with Crippen LogP contribution in [0.5, 0.6) is 0 Å². The Kier molecular flexibility index (Phi) is 4.77. The first kappa shape index (κ1) is 15.0. The number of para-hydroxylation sites is 1. The molecule has 1 N–H and O–H groups in total. The largest absolute Gasteiger partial charge is 0.314 e. The van der Waals surface area contributed by atoms with Gasteiger partial charge in [0.1, 0.15) is 0 Å². The Bertz CT molecular complexity index is 575. The average Bonchev–Trinajstić information content (AvgIpc) is 2.39. The molecule has 2 aromatic rings. The molecule has 2 unspecified atom stereocenters. The predicted molar refractivity (Wildman–Crippen MR) is 87.2 cm³/mol. The van der Waals surface area contributed by atoms with Crippen molar-refractivity contribution in [1.29, 1.82) is 0 Å². The van der Waals surface area contributed by atoms with Crippen molar-refractivity contribution >= 4 is 10.9 Å². The number of aryl methyl sites for hydroxylation is 1. The molecule has 0 aliphatic heterocycles. The van der Waals surface area contributed by atoms with Gasteiger partial charge in [0.15, 0.2) is 0 Å². The maximum atomic E-state index is 4.96. The van der Waals surface area contributed by atoms with Crippen LogP contribution >= 0.6 is 0 Å². The number of fused-ring (bicyclic) bond motifs is 1. The summed E-state index contributed by atoms with van der Waals surface area (Å²) in [5, 5.41) is 4.79. The zero-order chi connectivity index (χ0) is 14.7. The number of nitrogens with one attached hydrogen (secondary N) is 1. The van der Waals surface area contributed by atoms with E-state index in [0.29, 0.717) is 17.9 Å². The fourth-order valence-electron chi connectivity index (χ4n) is 3.15. The quantitative estimate of drug-likeness (QED) is 0.877. The van der Waals surface area contributed by atoms with Gasteiger partial charge in [-0.3, -0.25) is 4.98 Å². The fraction of sp³-hybridized carbons (Fsp3) is 0.500. The van der Waals surface area contributed by atoms with E-state index < -0.39 is 0 Å². The van der Waals surface area contributed by atoms with Crippen molar-refractivity contribution < 1.29 is 0 Å². The van der Waals surface area contributed by atoms with Crippen molar-refractivity contribution in [3.8, 4) is 0 Å². The molecule has 1 heterocycles. The van der Waals surface area contributed by atoms with E-state index in [2.05, 4.69) is 70.3 Å². The molecule has 0 aliphatic carbocycles. The van der Waals surface area contributed by atoms with Gasteiger partial charge in [-0.2, -0.15) is 0 Å². The van der Waals surface area contributed by atoms with Crippen LogP contribution in [0.25, 0.3) is 10.9 Å². The molecule has 2 rings (SSSR count). The number of hydrogen-bond acceptors (Lipinski definition) is 2. The van der Waals surface area contributed by atoms with Gasteiger partial charge >= 0.3 is 0 Å². The summed E-state index contributed by atoms with van der Waals surface area (Å²) >= 11 is 0. The average molecular weight is 270 g/mol. The van der Waals surface area contributed by atoms with Crippen LogP contribution in [0.4, 0.5) is 0 Å². The lowest BCUT2D eigenvalue weighted by atomic mass is 9.84. The van der Waals surface area contributed by atoms with E-state index in [4.69, 9.17) is 4.98 Å². The van der Waals surface area contributed by atoms with Crippen LogP contribution < -0.4 is 5.32 Å². The van der Waals surface area contributed by atoms with Crippen LogP contribution in [0.3, 0.4) is 0 Å². The zero-order valence-electron chi connectivity index (χ0n) is 13.3. The van der Waals surface area contributed by atoms with Crippen molar-refractivity contribution in [2.45, 2.75) is 46.6 Å². The van der Waals surface area contributed by atoms with Crippen molar-refractivity contribution in [3.05, 3.63) is 41.6 Å². The molecule has 0 saturated heterocycles. The Hall–Kier alpha value is -1.41. The van der Waals surface area contributed by atoms with Gasteiger partial charge in [0.2, 0.25) is 0 Å². The van der Waals surface area contributed by atoms with Gasteiger partial charge in [-0.05, 0) is 44.0 Å². The number of likely N-dealkylation sites (N-methyl/N-ethyl adjacent to an activating group) is 1. The first-order chi connectivity index (χ1) is 9.54. The summed E-state index contributed by atoms with van der Waals surface area (Å²) in [7, 11) is 0. The molecule has 2 nitrogen and oxygen atoms in total. The number of aromatic nitrogens is 1. The molecule has 1 aromatic heterocycles. The van der Waals surface area contributed by atoms with Gasteiger partial charge in [0.25, 0.3) is 0 Å². The van der Waals surface area contributed by atoms with E-state index in [1.165, 1.54) is 16.6 Å². The molecule has 108 valence electrons. The molecule has 0 amide bonds. The zero-order valence-corrected chi connectivity index (χ0v) is 13.3. The highest BCUT2D eigenvalue weighted by molar-refractivity contribution is 5.79. The van der Waals surface area contributed by atoms with E-state index in [1.807, 2.05) is 0 Å². The van der Waals surface area contributed by atoms with Gasteiger partial charge in [-0.15, -0.1) is 0 Å². The Morgan fingerprint density at radius 2 is 1.85 bits per heavy atom. The third-order valence-electron chi connectivity index (χ3n) is 4.05. The maximum Gasteiger partial charge on any atom is 0.0705 e. The Balaban J connectivity index is 2.49. The van der Waals surface area contributed by atoms with Gasteiger partial charge in [-0.1, -0.05) is 39.0 Å². The highest BCUT2D eigenvalue weighted by Crippen LogP contribution is 2.30. The van der Waals surface area contributed by atoms with E-state index in [1.54, 1.807) is 0 Å². The van der Waals surface area contributed by atoms with Gasteiger partial charge in [-0.25, -0.2) is 0 Å². The van der Waals surface area contributed by atoms with E-state index in [9.17, 15) is 0 Å². The molecule has 2 heteroatoms. The van der Waals surface area contributed by atoms with Crippen molar-refractivity contribution in [2.75, 3.05) is 6.54 Å². The van der Waals surface area contributed by atoms with E-state index >= 15 is 0 Å². The van der Waals surface area contributed by atoms with Crippen LogP contribution in [0.2, 0.25) is 0 Å². The summed E-state index contributed by atoms with van der Waals surface area (Å²) in [4.78, 5) is 4.96. The predicted octanol–water partition coefficient (Wildman–Crippen LogP) is 4.28. The lowest BCUT2D eigenvalue weighted by Gasteiger charge is -2.29. The van der Waals surface area contributed by atoms with Gasteiger partial charge in [0.05, 0.1) is 5.52 Å². The summed E-state index contributed by atoms with van der Waals surface area (Å²) in [5.41, 5.74) is 3.64. The lowest BCUT2D eigenvalue weighted by Crippen LogP contribution is -2.35. The first-order valence-corrected chi connectivity index (χ1v) is 7.64. The molecule has 0 radical (unpaired) electrons. The minimum absolute atomic E-state index is 0.437. The molecular weight excluding hydrogens is 244 g/mol. The summed E-state index contributed by atoms with van der Waals surface area (Å²) < 4.78 is 0. The van der Waals surface area contributed by atoms with Crippen molar-refractivity contribution in [1.82, 2.24) is 10.3 Å². The number of benzene rings is 1. The van der Waals surface area contributed by atoms with Gasteiger partial charge < -0.3 is 5.32 Å². The monoisotopic (exact) mass is 270 g/mol. The summed E-state index contributed by atoms with van der Waals surface area (Å²) in [5.74, 6) is 1.01. The smallest absolute Gasteiger partial charge is 0.0705 e. The normalized spacial score (nSPS) is 14.7. The van der Waals surface area contributed by atoms with Gasteiger partial charge in [0, 0.05) is 23.0 Å². The van der Waals surface area contributed by atoms with Crippen molar-refractivity contribution in [2.24, 2.45) is 5.92 Å². The van der Waals surface area contributed by atoms with Crippen LogP contribution in [0.15, 0.2) is 30.3 Å². The SMILES string of the molecule is CCNC(C)C(c1nc2ccccc2cc1C)C(C)C. The molecule has 0 bridgehead atoms. The molecule has 0 aliphatic rings. The van der Waals surface area contributed by atoms with Crippen LogP contribution in [0.1, 0.15) is 44.9 Å². The Morgan fingerprint density at radius 1 is 1.15 bits per heavy atom. The molecular formula is C18H26N2. The van der Waals surface area contributed by atoms with E-state index in [0.717, 1.165) is 12.1 Å². The molecule has 0 spiro atoms. The summed E-state index contributed by atoms with van der Waals surface area (Å²) in [6.07, 6.45) is 0. The van der Waals surface area contributed by atoms with Crippen LogP contribution in [-0.4, -0.2) is 17.6 Å². The number of hydrogen-bond donors (Lipinski definition) is 1. The minimum Gasteiger partial charge on any atom is -0.314 e. The maximum absolute atomic E-state index is 4.96. The Labute approximate surface area is 122 Å². The lowest BCUT2D eigenvalue weighted by molar-refractivity contribution is 0.375. The van der Waals surface area contributed by atoms with Crippen molar-refractivity contribution in [3.63, 3.8) is 0 Å². The second kappa shape index (κ2) is 6.36. The molecule has 20 heavy (non-hydrogen) atoms. The first-order valence-electron chi connectivity index (χ1n) is 7.64. The van der Waals surface area contributed by atoms with E-state index in [-0.39, 0.29) is 0 Å². The fourth-order valence-corrected chi connectivity index (χ4v) is 3.15. The Morgan fingerprint density at radius 3 is 2.50 bits per heavy atom. The minimum atomic E-state index is 0.437. The number of rotatable bonds is 5. The molecule has 0 saturated carbocycles. The molecule has 0 fully saturated rings. The summed E-state index contributed by atoms with van der Waals surface area (Å²) in [6, 6.07) is 11.1. The highest BCUT2D eigenvalue weighted by atomic mass is 14.9. The number of nitrogens with zero attached hydrogens (tertiary/aromatic N) is 1. The second-order valence-electron chi connectivity index (χ2n) is 6.00. The third-order valence-corrected chi connectivity index (χ3v) is 4.05. The van der Waals surface area contributed by atoms with Crippen LogP contribution in [0, 0.1) is 12.8 Å². The third kappa shape index (κ3) is 3.01. The number of pyridine rings is 1. The topological polar surface area (TPSA) is 24.9 Å². The molecule has 1 aromatic carbocycles. The summed E-state index contributed by atoms with van der Waals surface area (Å²) in [6.45, 7) is 12.2. The standard InChI is InChI=1S/C18H26N2/c1-6-19-14(5)17(12(2)3)18-13(4)11-15-9-7-8-10-16(15)20-18/h7-12,14,17,19H,6H2,1-5H3. The molecule has 2 atom stereocenters. The second-order valence-corrected chi connectivity index (χ2v) is 6.00.